The highest BCUT2D eigenvalue weighted by Gasteiger charge is 2.44. The molecule has 1 saturated heterocycles. The lowest BCUT2D eigenvalue weighted by atomic mass is 9.94. The lowest BCUT2D eigenvalue weighted by Gasteiger charge is -2.38. The van der Waals surface area contributed by atoms with Gasteiger partial charge in [0.25, 0.3) is 0 Å². The number of aromatic nitrogens is 3. The van der Waals surface area contributed by atoms with E-state index in [0.29, 0.717) is 23.5 Å². The number of rotatable bonds is 3. The molecule has 2 aromatic heterocycles. The smallest absolute Gasteiger partial charge is 0.417 e. The first-order valence-corrected chi connectivity index (χ1v) is 8.37. The molecule has 0 amide bonds. The maximum atomic E-state index is 12.7. The number of piperidine rings is 1. The van der Waals surface area contributed by atoms with Gasteiger partial charge in [0.05, 0.1) is 11.3 Å². The van der Waals surface area contributed by atoms with Gasteiger partial charge in [0.1, 0.15) is 11.9 Å². The fourth-order valence-electron chi connectivity index (χ4n) is 3.90. The van der Waals surface area contributed by atoms with Gasteiger partial charge in [-0.25, -0.2) is 10.1 Å². The molecule has 0 spiro atoms. The summed E-state index contributed by atoms with van der Waals surface area (Å²) in [5.41, 5.74) is 0.167. The molecule has 0 aromatic carbocycles. The Labute approximate surface area is 143 Å². The maximum absolute atomic E-state index is 12.7. The van der Waals surface area contributed by atoms with Crippen LogP contribution in [0, 0.1) is 18.8 Å². The predicted octanol–water partition coefficient (Wildman–Crippen LogP) is 3.43. The van der Waals surface area contributed by atoms with Crippen molar-refractivity contribution < 1.29 is 17.9 Å². The Bertz CT molecular complexity index is 729. The van der Waals surface area contributed by atoms with Gasteiger partial charge in [-0.05, 0) is 31.9 Å². The molecule has 3 atom stereocenters. The third-order valence-electron chi connectivity index (χ3n) is 5.09. The molecule has 2 bridgehead atoms. The van der Waals surface area contributed by atoms with E-state index >= 15 is 0 Å². The molecule has 25 heavy (non-hydrogen) atoms. The third kappa shape index (κ3) is 3.17. The number of aromatic amines is 1. The minimum Gasteiger partial charge on any atom is -0.474 e. The third-order valence-corrected chi connectivity index (χ3v) is 5.09. The Morgan fingerprint density at radius 2 is 1.92 bits per heavy atom. The largest absolute Gasteiger partial charge is 0.474 e. The van der Waals surface area contributed by atoms with E-state index in [2.05, 4.69) is 20.1 Å². The molecule has 5 nitrogen and oxygen atoms in total. The normalized spacial score (nSPS) is 26.1. The number of aryl methyl sites for hydroxylation is 1. The van der Waals surface area contributed by atoms with Crippen molar-refractivity contribution in [1.82, 2.24) is 15.2 Å². The van der Waals surface area contributed by atoms with Crippen LogP contribution in [0.15, 0.2) is 24.4 Å². The number of nitrogens with zero attached hydrogens (tertiary/aromatic N) is 3. The summed E-state index contributed by atoms with van der Waals surface area (Å²) in [6.07, 6.45) is -1.22. The quantitative estimate of drug-likeness (QED) is 0.920. The van der Waals surface area contributed by atoms with Crippen molar-refractivity contribution in [2.75, 3.05) is 18.0 Å². The van der Waals surface area contributed by atoms with Gasteiger partial charge in [-0.3, -0.25) is 0 Å². The summed E-state index contributed by atoms with van der Waals surface area (Å²) >= 11 is 0. The van der Waals surface area contributed by atoms with E-state index in [1.165, 1.54) is 6.07 Å². The molecular weight excluding hydrogens is 333 g/mol. The van der Waals surface area contributed by atoms with Crippen LogP contribution in [0.5, 0.6) is 5.88 Å². The van der Waals surface area contributed by atoms with Crippen LogP contribution in [0.4, 0.5) is 19.0 Å². The fourth-order valence-corrected chi connectivity index (χ4v) is 3.90. The highest BCUT2D eigenvalue weighted by atomic mass is 19.4. The SMILES string of the molecule is Cc1cc(O[C@@H]2[C@@H]3CC[C@H]2CN(c2ccc(C(F)(F)F)cn2)C3)[nH]n1. The van der Waals surface area contributed by atoms with E-state index < -0.39 is 11.7 Å². The molecule has 4 rings (SSSR count). The summed E-state index contributed by atoms with van der Waals surface area (Å²) < 4.78 is 44.1. The van der Waals surface area contributed by atoms with Gasteiger partial charge in [0, 0.05) is 37.2 Å². The Hall–Kier alpha value is -2.25. The molecular formula is C17H19F3N4O. The second-order valence-corrected chi connectivity index (χ2v) is 6.86. The number of fused-ring (bicyclic) bond motifs is 2. The van der Waals surface area contributed by atoms with E-state index in [1.807, 2.05) is 13.0 Å². The lowest BCUT2D eigenvalue weighted by Crippen LogP contribution is -2.47. The van der Waals surface area contributed by atoms with Crippen molar-refractivity contribution in [2.24, 2.45) is 11.8 Å². The van der Waals surface area contributed by atoms with Crippen LogP contribution in [0.3, 0.4) is 0 Å². The first-order valence-electron chi connectivity index (χ1n) is 8.37. The number of nitrogens with one attached hydrogen (secondary N) is 1. The van der Waals surface area contributed by atoms with Crippen LogP contribution in [-0.4, -0.2) is 34.4 Å². The Morgan fingerprint density at radius 1 is 1.20 bits per heavy atom. The van der Waals surface area contributed by atoms with Crippen LogP contribution in [-0.2, 0) is 6.18 Å². The molecule has 1 aliphatic carbocycles. The van der Waals surface area contributed by atoms with Crippen LogP contribution >= 0.6 is 0 Å². The first-order chi connectivity index (χ1) is 11.9. The number of halogens is 3. The van der Waals surface area contributed by atoms with Gasteiger partial charge in [0.15, 0.2) is 0 Å². The number of pyridine rings is 1. The van der Waals surface area contributed by atoms with E-state index in [4.69, 9.17) is 4.74 Å². The summed E-state index contributed by atoms with van der Waals surface area (Å²) in [7, 11) is 0. The van der Waals surface area contributed by atoms with Crippen molar-refractivity contribution in [3.8, 4) is 5.88 Å². The van der Waals surface area contributed by atoms with Gasteiger partial charge in [-0.1, -0.05) is 0 Å². The molecule has 2 aromatic rings. The molecule has 1 N–H and O–H groups in total. The summed E-state index contributed by atoms with van der Waals surface area (Å²) in [5.74, 6) is 1.96. The first kappa shape index (κ1) is 16.2. The molecule has 0 unspecified atom stereocenters. The molecule has 8 heteroatoms. The average molecular weight is 352 g/mol. The molecule has 1 aliphatic heterocycles. The topological polar surface area (TPSA) is 54.0 Å². The van der Waals surface area contributed by atoms with Crippen LogP contribution in [0.1, 0.15) is 24.1 Å². The highest BCUT2D eigenvalue weighted by Crippen LogP contribution is 2.40. The Balaban J connectivity index is 1.46. The average Bonchev–Trinajstić information content (AvgIpc) is 3.06. The number of ether oxygens (including phenoxy) is 1. The van der Waals surface area contributed by atoms with Crippen LogP contribution in [0.25, 0.3) is 0 Å². The minimum absolute atomic E-state index is 0.116. The fraction of sp³-hybridized carbons (Fsp3) is 0.529. The summed E-state index contributed by atoms with van der Waals surface area (Å²) in [6.45, 7) is 3.39. The minimum atomic E-state index is -4.35. The number of alkyl halides is 3. The Morgan fingerprint density at radius 3 is 2.44 bits per heavy atom. The molecule has 0 radical (unpaired) electrons. The lowest BCUT2D eigenvalue weighted by molar-refractivity contribution is -0.137. The predicted molar refractivity (Wildman–Crippen MR) is 85.4 cm³/mol. The van der Waals surface area contributed by atoms with Crippen molar-refractivity contribution >= 4 is 5.82 Å². The molecule has 1 saturated carbocycles. The van der Waals surface area contributed by atoms with Gasteiger partial charge < -0.3 is 9.64 Å². The van der Waals surface area contributed by atoms with E-state index in [-0.39, 0.29) is 6.10 Å². The van der Waals surface area contributed by atoms with Crippen molar-refractivity contribution in [3.05, 3.63) is 35.7 Å². The second kappa shape index (κ2) is 5.93. The molecule has 134 valence electrons. The zero-order chi connectivity index (χ0) is 17.6. The van der Waals surface area contributed by atoms with Gasteiger partial charge in [-0.15, -0.1) is 0 Å². The maximum Gasteiger partial charge on any atom is 0.417 e. The standard InChI is InChI=1S/C17H19F3N4O/c1-10-6-15(23-22-10)25-16-11-2-3-12(16)9-24(8-11)14-5-4-13(7-21-14)17(18,19)20/h4-7,11-12,16H,2-3,8-9H2,1H3,(H,22,23)/t11-,12+,16-. The summed E-state index contributed by atoms with van der Waals surface area (Å²) in [4.78, 5) is 6.10. The monoisotopic (exact) mass is 352 g/mol. The second-order valence-electron chi connectivity index (χ2n) is 6.86. The highest BCUT2D eigenvalue weighted by molar-refractivity contribution is 5.41. The van der Waals surface area contributed by atoms with Gasteiger partial charge >= 0.3 is 6.18 Å². The number of hydrogen-bond donors (Lipinski definition) is 1. The number of H-pyrrole nitrogens is 1. The summed E-state index contributed by atoms with van der Waals surface area (Å²) in [6, 6.07) is 4.44. The van der Waals surface area contributed by atoms with E-state index in [9.17, 15) is 13.2 Å². The van der Waals surface area contributed by atoms with Crippen molar-refractivity contribution in [1.29, 1.82) is 0 Å². The van der Waals surface area contributed by atoms with Gasteiger partial charge in [0.2, 0.25) is 5.88 Å². The molecule has 3 heterocycles. The molecule has 2 fully saturated rings. The molecule has 2 aliphatic rings. The van der Waals surface area contributed by atoms with Crippen LogP contribution < -0.4 is 9.64 Å². The summed E-state index contributed by atoms with van der Waals surface area (Å²) in [5, 5.41) is 6.96. The van der Waals surface area contributed by atoms with Crippen molar-refractivity contribution in [2.45, 2.75) is 32.0 Å². The zero-order valence-corrected chi connectivity index (χ0v) is 13.8. The Kier molecular flexibility index (Phi) is 3.85. The number of anilines is 1. The zero-order valence-electron chi connectivity index (χ0n) is 13.8. The number of hydrogen-bond acceptors (Lipinski definition) is 4. The van der Waals surface area contributed by atoms with Crippen LogP contribution in [0.2, 0.25) is 0 Å². The van der Waals surface area contributed by atoms with Crippen molar-refractivity contribution in [3.63, 3.8) is 0 Å². The van der Waals surface area contributed by atoms with E-state index in [1.54, 1.807) is 0 Å². The van der Waals surface area contributed by atoms with E-state index in [0.717, 1.165) is 43.9 Å². The van der Waals surface area contributed by atoms with Gasteiger partial charge in [-0.2, -0.15) is 18.3 Å².